The molecule has 2 aromatic heterocycles. The standard InChI is InChI=1S/C25H23N3O2S2/c1-15(22(29)26-20-13-7-11-16-10-5-6-12-18(16)20)32-25-27-23(30)21-19(14-31-24(21)28-25)17-8-3-2-4-9-17/h2-6,8-10,12,14-15,20H,7,11,13H2,1H3,(H,26,29)(H,27,28,30)/t15-,20+/m0/s1. The second kappa shape index (κ2) is 8.92. The van der Waals surface area contributed by atoms with Crippen molar-refractivity contribution < 1.29 is 4.79 Å². The fraction of sp³-hybridized carbons (Fsp3) is 0.240. The molecule has 32 heavy (non-hydrogen) atoms. The first-order chi connectivity index (χ1) is 15.6. The van der Waals surface area contributed by atoms with E-state index in [0.717, 1.165) is 30.4 Å². The third-order valence-corrected chi connectivity index (χ3v) is 7.71. The average Bonchev–Trinajstić information content (AvgIpc) is 3.24. The van der Waals surface area contributed by atoms with Crippen LogP contribution < -0.4 is 10.9 Å². The van der Waals surface area contributed by atoms with Gasteiger partial charge in [0.05, 0.1) is 16.7 Å². The smallest absolute Gasteiger partial charge is 0.260 e. The Morgan fingerprint density at radius 1 is 1.19 bits per heavy atom. The van der Waals surface area contributed by atoms with E-state index in [0.29, 0.717) is 15.4 Å². The number of carbonyl (C=O) groups is 1. The summed E-state index contributed by atoms with van der Waals surface area (Å²) in [4.78, 5) is 34.0. The summed E-state index contributed by atoms with van der Waals surface area (Å²) in [7, 11) is 0. The zero-order valence-corrected chi connectivity index (χ0v) is 19.3. The number of hydrogen-bond donors (Lipinski definition) is 2. The van der Waals surface area contributed by atoms with E-state index < -0.39 is 0 Å². The molecule has 2 heterocycles. The number of aromatic nitrogens is 2. The minimum atomic E-state index is -0.377. The summed E-state index contributed by atoms with van der Waals surface area (Å²) in [6.07, 6.45) is 3.07. The molecule has 0 fully saturated rings. The van der Waals surface area contributed by atoms with Crippen molar-refractivity contribution in [3.05, 3.63) is 81.5 Å². The molecule has 0 saturated carbocycles. The number of H-pyrrole nitrogens is 1. The summed E-state index contributed by atoms with van der Waals surface area (Å²) >= 11 is 2.73. The van der Waals surface area contributed by atoms with Crippen molar-refractivity contribution in [3.8, 4) is 11.1 Å². The number of thiophene rings is 1. The van der Waals surface area contributed by atoms with Crippen LogP contribution in [0, 0.1) is 0 Å². The molecule has 2 aromatic carbocycles. The Kier molecular flexibility index (Phi) is 5.85. The molecule has 2 atom stereocenters. The number of thioether (sulfide) groups is 1. The van der Waals surface area contributed by atoms with Crippen LogP contribution in [0.25, 0.3) is 21.3 Å². The molecule has 4 aromatic rings. The van der Waals surface area contributed by atoms with Crippen molar-refractivity contribution in [2.45, 2.75) is 42.6 Å². The molecule has 0 radical (unpaired) electrons. The molecule has 0 saturated heterocycles. The van der Waals surface area contributed by atoms with E-state index in [-0.39, 0.29) is 22.8 Å². The Hall–Kier alpha value is -2.90. The van der Waals surface area contributed by atoms with Crippen LogP contribution in [0.1, 0.15) is 36.9 Å². The first kappa shape index (κ1) is 21.0. The molecule has 1 aliphatic rings. The summed E-state index contributed by atoms with van der Waals surface area (Å²) in [5.41, 5.74) is 4.23. The van der Waals surface area contributed by atoms with Gasteiger partial charge in [-0.3, -0.25) is 9.59 Å². The van der Waals surface area contributed by atoms with Gasteiger partial charge in [0.1, 0.15) is 4.83 Å². The highest BCUT2D eigenvalue weighted by Gasteiger charge is 2.25. The minimum absolute atomic E-state index is 0.0377. The maximum atomic E-state index is 12.9. The number of amides is 1. The number of benzene rings is 2. The van der Waals surface area contributed by atoms with Crippen LogP contribution in [0.4, 0.5) is 0 Å². The Balaban J connectivity index is 1.33. The molecular formula is C25H23N3O2S2. The Bertz CT molecular complexity index is 1330. The van der Waals surface area contributed by atoms with E-state index >= 15 is 0 Å². The van der Waals surface area contributed by atoms with Crippen LogP contribution in [-0.2, 0) is 11.2 Å². The second-order valence-corrected chi connectivity index (χ2v) is 10.2. The van der Waals surface area contributed by atoms with Gasteiger partial charge in [0, 0.05) is 10.9 Å². The normalized spacial score (nSPS) is 16.5. The number of hydrogen-bond acceptors (Lipinski definition) is 5. The van der Waals surface area contributed by atoms with Crippen LogP contribution >= 0.6 is 23.1 Å². The summed E-state index contributed by atoms with van der Waals surface area (Å²) in [5, 5.41) is 5.85. The number of aromatic amines is 1. The van der Waals surface area contributed by atoms with Crippen molar-refractivity contribution in [1.82, 2.24) is 15.3 Å². The zero-order valence-electron chi connectivity index (χ0n) is 17.6. The molecule has 1 aliphatic carbocycles. The molecular weight excluding hydrogens is 438 g/mol. The third kappa shape index (κ3) is 4.10. The number of aryl methyl sites for hydroxylation is 1. The van der Waals surface area contributed by atoms with Crippen LogP contribution in [0.5, 0.6) is 0 Å². The Morgan fingerprint density at radius 2 is 1.97 bits per heavy atom. The van der Waals surface area contributed by atoms with E-state index in [9.17, 15) is 9.59 Å². The lowest BCUT2D eigenvalue weighted by molar-refractivity contribution is -0.121. The predicted octanol–water partition coefficient (Wildman–Crippen LogP) is 5.33. The lowest BCUT2D eigenvalue weighted by Crippen LogP contribution is -2.36. The van der Waals surface area contributed by atoms with E-state index in [2.05, 4.69) is 27.4 Å². The Labute approximate surface area is 194 Å². The summed E-state index contributed by atoms with van der Waals surface area (Å²) < 4.78 is 0. The van der Waals surface area contributed by atoms with E-state index in [1.165, 1.54) is 34.2 Å². The zero-order chi connectivity index (χ0) is 22.1. The molecule has 1 amide bonds. The number of rotatable bonds is 5. The minimum Gasteiger partial charge on any atom is -0.348 e. The third-order valence-electron chi connectivity index (χ3n) is 5.85. The van der Waals surface area contributed by atoms with Crippen LogP contribution in [-0.4, -0.2) is 21.1 Å². The van der Waals surface area contributed by atoms with Gasteiger partial charge in [-0.05, 0) is 42.9 Å². The van der Waals surface area contributed by atoms with E-state index in [1.54, 1.807) is 0 Å². The number of nitrogens with zero attached hydrogens (tertiary/aromatic N) is 1. The molecule has 0 spiro atoms. The molecule has 0 unspecified atom stereocenters. The maximum Gasteiger partial charge on any atom is 0.260 e. The van der Waals surface area contributed by atoms with Gasteiger partial charge in [-0.25, -0.2) is 4.98 Å². The largest absolute Gasteiger partial charge is 0.348 e. The fourth-order valence-corrected chi connectivity index (χ4v) is 6.04. The van der Waals surface area contributed by atoms with E-state index in [4.69, 9.17) is 0 Å². The van der Waals surface area contributed by atoms with Crippen LogP contribution in [0.2, 0.25) is 0 Å². The van der Waals surface area contributed by atoms with Gasteiger partial charge < -0.3 is 10.3 Å². The number of nitrogens with one attached hydrogen (secondary N) is 2. The lowest BCUT2D eigenvalue weighted by Gasteiger charge is -2.27. The van der Waals surface area contributed by atoms with Gasteiger partial charge in [-0.1, -0.05) is 66.4 Å². The van der Waals surface area contributed by atoms with Crippen molar-refractivity contribution >= 4 is 39.2 Å². The number of fused-ring (bicyclic) bond motifs is 2. The highest BCUT2D eigenvalue weighted by Crippen LogP contribution is 2.33. The summed E-state index contributed by atoms with van der Waals surface area (Å²) in [5.74, 6) is -0.0457. The van der Waals surface area contributed by atoms with Crippen molar-refractivity contribution in [2.75, 3.05) is 0 Å². The molecule has 7 heteroatoms. The lowest BCUT2D eigenvalue weighted by atomic mass is 9.88. The first-order valence-corrected chi connectivity index (χ1v) is 12.5. The van der Waals surface area contributed by atoms with Gasteiger partial charge in [-0.15, -0.1) is 11.3 Å². The maximum absolute atomic E-state index is 12.9. The van der Waals surface area contributed by atoms with Gasteiger partial charge in [0.15, 0.2) is 5.16 Å². The predicted molar refractivity (Wildman–Crippen MR) is 131 cm³/mol. The van der Waals surface area contributed by atoms with Crippen molar-refractivity contribution in [1.29, 1.82) is 0 Å². The quantitative estimate of drug-likeness (QED) is 0.311. The summed E-state index contributed by atoms with van der Waals surface area (Å²) in [6, 6.07) is 18.2. The van der Waals surface area contributed by atoms with Crippen LogP contribution in [0.3, 0.4) is 0 Å². The SMILES string of the molecule is C[C@H](Sc1nc2scc(-c3ccccc3)c2c(=O)[nH]1)C(=O)N[C@@H]1CCCc2ccccc21. The van der Waals surface area contributed by atoms with Gasteiger partial charge in [0.2, 0.25) is 5.91 Å². The highest BCUT2D eigenvalue weighted by atomic mass is 32.2. The molecule has 2 N–H and O–H groups in total. The monoisotopic (exact) mass is 461 g/mol. The molecule has 5 nitrogen and oxygen atoms in total. The van der Waals surface area contributed by atoms with Crippen LogP contribution in [0.15, 0.2) is 69.9 Å². The molecule has 0 bridgehead atoms. The van der Waals surface area contributed by atoms with Gasteiger partial charge >= 0.3 is 0 Å². The topological polar surface area (TPSA) is 74.8 Å². The fourth-order valence-electron chi connectivity index (χ4n) is 4.23. The molecule has 0 aliphatic heterocycles. The van der Waals surface area contributed by atoms with Gasteiger partial charge in [-0.2, -0.15) is 0 Å². The summed E-state index contributed by atoms with van der Waals surface area (Å²) in [6.45, 7) is 1.85. The highest BCUT2D eigenvalue weighted by molar-refractivity contribution is 8.00. The van der Waals surface area contributed by atoms with Gasteiger partial charge in [0.25, 0.3) is 5.56 Å². The van der Waals surface area contributed by atoms with Crippen molar-refractivity contribution in [2.24, 2.45) is 0 Å². The molecule has 5 rings (SSSR count). The second-order valence-electron chi connectivity index (χ2n) is 7.98. The number of carbonyl (C=O) groups excluding carboxylic acids is 1. The van der Waals surface area contributed by atoms with Crippen molar-refractivity contribution in [3.63, 3.8) is 0 Å². The Morgan fingerprint density at radius 3 is 2.81 bits per heavy atom. The van der Waals surface area contributed by atoms with E-state index in [1.807, 2.05) is 54.8 Å². The first-order valence-electron chi connectivity index (χ1n) is 10.7. The molecule has 162 valence electrons. The average molecular weight is 462 g/mol.